The fraction of sp³-hybridized carbons (Fsp3) is 0.455. The van der Waals surface area contributed by atoms with Crippen LogP contribution in [0.25, 0.3) is 0 Å². The Morgan fingerprint density at radius 1 is 1.43 bits per heavy atom. The van der Waals surface area contributed by atoms with E-state index < -0.39 is 32.8 Å². The number of carbonyl (C=O) groups is 1. The van der Waals surface area contributed by atoms with Crippen molar-refractivity contribution in [3.8, 4) is 0 Å². The van der Waals surface area contributed by atoms with Crippen LogP contribution < -0.4 is 0 Å². The van der Waals surface area contributed by atoms with E-state index in [4.69, 9.17) is 5.11 Å². The van der Waals surface area contributed by atoms with Gasteiger partial charge in [0.1, 0.15) is 10.9 Å². The summed E-state index contributed by atoms with van der Waals surface area (Å²) in [5.41, 5.74) is 0. The van der Waals surface area contributed by atoms with Gasteiger partial charge in [-0.25, -0.2) is 8.42 Å². The molecule has 2 heterocycles. The molecule has 0 amide bonds. The Hall–Kier alpha value is -2.07. The molecule has 114 valence electrons. The first kappa shape index (κ1) is 15.3. The molecule has 21 heavy (non-hydrogen) atoms. The van der Waals surface area contributed by atoms with E-state index in [2.05, 4.69) is 4.98 Å². The van der Waals surface area contributed by atoms with Crippen LogP contribution in [0.15, 0.2) is 23.2 Å². The summed E-state index contributed by atoms with van der Waals surface area (Å²) in [5, 5.41) is 19.6. The number of hydrogen-bond donors (Lipinski definition) is 1. The van der Waals surface area contributed by atoms with E-state index in [9.17, 15) is 23.3 Å². The number of aliphatic carboxylic acids is 1. The standard InChI is InChI=1S/C11H13N3O6S/c15-11(16)9-3-1-2-6-13(9)21(19,20)8-4-5-10(12-7-8)14(17)18/h4-5,7,9H,1-3,6H2,(H,15,16)/t9-/m0/s1. The van der Waals surface area contributed by atoms with Crippen LogP contribution in [0.1, 0.15) is 19.3 Å². The lowest BCUT2D eigenvalue weighted by molar-refractivity contribution is -0.389. The van der Waals surface area contributed by atoms with Gasteiger partial charge in [0.25, 0.3) is 0 Å². The zero-order chi connectivity index (χ0) is 15.6. The van der Waals surface area contributed by atoms with Crippen molar-refractivity contribution in [1.82, 2.24) is 9.29 Å². The molecule has 1 aromatic rings. The molecule has 1 saturated heterocycles. The Balaban J connectivity index is 2.35. The summed E-state index contributed by atoms with van der Waals surface area (Å²) in [7, 11) is -4.03. The van der Waals surface area contributed by atoms with Gasteiger partial charge in [-0.15, -0.1) is 0 Å². The zero-order valence-corrected chi connectivity index (χ0v) is 11.7. The maximum atomic E-state index is 12.4. The number of piperidine rings is 1. The molecule has 1 fully saturated rings. The molecule has 0 spiro atoms. The van der Waals surface area contributed by atoms with Crippen molar-refractivity contribution in [3.63, 3.8) is 0 Å². The average Bonchev–Trinajstić information content (AvgIpc) is 2.47. The predicted molar refractivity (Wildman–Crippen MR) is 70.1 cm³/mol. The van der Waals surface area contributed by atoms with Crippen molar-refractivity contribution in [2.45, 2.75) is 30.2 Å². The van der Waals surface area contributed by atoms with Crippen LogP contribution in [0.4, 0.5) is 5.82 Å². The highest BCUT2D eigenvalue weighted by Gasteiger charge is 2.38. The minimum atomic E-state index is -4.03. The molecule has 9 nitrogen and oxygen atoms in total. The number of aromatic nitrogens is 1. The van der Waals surface area contributed by atoms with Crippen molar-refractivity contribution < 1.29 is 23.2 Å². The zero-order valence-electron chi connectivity index (χ0n) is 10.9. The first-order valence-electron chi connectivity index (χ1n) is 6.19. The third-order valence-corrected chi connectivity index (χ3v) is 5.14. The number of pyridine rings is 1. The second-order valence-electron chi connectivity index (χ2n) is 4.57. The second kappa shape index (κ2) is 5.74. The minimum absolute atomic E-state index is 0.107. The molecule has 0 saturated carbocycles. The molecule has 1 N–H and O–H groups in total. The number of sulfonamides is 1. The molecular formula is C11H13N3O6S. The smallest absolute Gasteiger partial charge is 0.363 e. The quantitative estimate of drug-likeness (QED) is 0.636. The Kier molecular flexibility index (Phi) is 4.19. The highest BCUT2D eigenvalue weighted by molar-refractivity contribution is 7.89. The summed E-state index contributed by atoms with van der Waals surface area (Å²) >= 11 is 0. The molecule has 0 aliphatic carbocycles. The van der Waals surface area contributed by atoms with Crippen molar-refractivity contribution in [2.24, 2.45) is 0 Å². The van der Waals surface area contributed by atoms with E-state index in [1.807, 2.05) is 0 Å². The summed E-state index contributed by atoms with van der Waals surface area (Å²) in [6, 6.07) is 0.930. The number of rotatable bonds is 4. The highest BCUT2D eigenvalue weighted by atomic mass is 32.2. The van der Waals surface area contributed by atoms with Crippen LogP contribution >= 0.6 is 0 Å². The molecule has 10 heteroatoms. The van der Waals surface area contributed by atoms with Gasteiger partial charge >= 0.3 is 11.8 Å². The van der Waals surface area contributed by atoms with Crippen LogP contribution in [0.3, 0.4) is 0 Å². The van der Waals surface area contributed by atoms with Crippen LogP contribution in [0.2, 0.25) is 0 Å². The third kappa shape index (κ3) is 3.00. The van der Waals surface area contributed by atoms with Gasteiger partial charge in [-0.1, -0.05) is 0 Å². The van der Waals surface area contributed by atoms with Crippen LogP contribution in [0, 0.1) is 10.1 Å². The van der Waals surface area contributed by atoms with Crippen molar-refractivity contribution in [2.75, 3.05) is 6.54 Å². The maximum absolute atomic E-state index is 12.4. The van der Waals surface area contributed by atoms with Gasteiger partial charge < -0.3 is 15.2 Å². The Morgan fingerprint density at radius 3 is 2.67 bits per heavy atom. The van der Waals surface area contributed by atoms with Crippen LogP contribution in [-0.4, -0.2) is 46.3 Å². The molecule has 2 rings (SSSR count). The van der Waals surface area contributed by atoms with E-state index >= 15 is 0 Å². The molecule has 1 atom stereocenters. The fourth-order valence-electron chi connectivity index (χ4n) is 2.21. The third-order valence-electron chi connectivity index (χ3n) is 3.25. The SMILES string of the molecule is O=C(O)[C@@H]1CCCCN1S(=O)(=O)c1ccc([N+](=O)[O-])nc1. The van der Waals surface area contributed by atoms with E-state index in [1.54, 1.807) is 0 Å². The largest absolute Gasteiger partial charge is 0.480 e. The monoisotopic (exact) mass is 315 g/mol. The number of hydrogen-bond acceptors (Lipinski definition) is 6. The number of nitrogens with zero attached hydrogens (tertiary/aromatic N) is 3. The summed E-state index contributed by atoms with van der Waals surface area (Å²) in [5.74, 6) is -1.67. The number of nitro groups is 1. The lowest BCUT2D eigenvalue weighted by Gasteiger charge is -2.31. The summed E-state index contributed by atoms with van der Waals surface area (Å²) in [6.07, 6.45) is 2.33. The topological polar surface area (TPSA) is 131 Å². The second-order valence-corrected chi connectivity index (χ2v) is 6.47. The average molecular weight is 315 g/mol. The lowest BCUT2D eigenvalue weighted by Crippen LogP contribution is -2.47. The highest BCUT2D eigenvalue weighted by Crippen LogP contribution is 2.25. The molecule has 1 aliphatic heterocycles. The molecular weight excluding hydrogens is 302 g/mol. The summed E-state index contributed by atoms with van der Waals surface area (Å²) in [6.45, 7) is 0.107. The van der Waals surface area contributed by atoms with Gasteiger partial charge in [0, 0.05) is 12.6 Å². The molecule has 1 aliphatic rings. The fourth-order valence-corrected chi connectivity index (χ4v) is 3.80. The van der Waals surface area contributed by atoms with E-state index in [1.165, 1.54) is 0 Å². The van der Waals surface area contributed by atoms with Crippen molar-refractivity contribution in [3.05, 3.63) is 28.4 Å². The van der Waals surface area contributed by atoms with Crippen molar-refractivity contribution >= 4 is 21.8 Å². The van der Waals surface area contributed by atoms with Gasteiger partial charge in [-0.05, 0) is 35.2 Å². The van der Waals surface area contributed by atoms with Crippen LogP contribution in [0.5, 0.6) is 0 Å². The summed E-state index contributed by atoms with van der Waals surface area (Å²) < 4.78 is 25.8. The predicted octanol–water partition coefficient (Wildman–Crippen LogP) is 0.618. The normalized spacial score (nSPS) is 20.1. The van der Waals surface area contributed by atoms with E-state index in [-0.39, 0.29) is 17.9 Å². The van der Waals surface area contributed by atoms with Gasteiger partial charge in [0.05, 0.1) is 0 Å². The first-order valence-corrected chi connectivity index (χ1v) is 7.63. The molecule has 0 unspecified atom stereocenters. The lowest BCUT2D eigenvalue weighted by atomic mass is 10.1. The van der Waals surface area contributed by atoms with E-state index in [0.717, 1.165) is 22.6 Å². The van der Waals surface area contributed by atoms with Gasteiger partial charge in [0.2, 0.25) is 10.0 Å². The maximum Gasteiger partial charge on any atom is 0.363 e. The Morgan fingerprint density at radius 2 is 2.14 bits per heavy atom. The van der Waals surface area contributed by atoms with Gasteiger partial charge in [-0.2, -0.15) is 4.31 Å². The minimum Gasteiger partial charge on any atom is -0.480 e. The Bertz CT molecular complexity index is 657. The number of carboxylic acid groups (broad SMARTS) is 1. The van der Waals surface area contributed by atoms with Gasteiger partial charge in [0.15, 0.2) is 6.20 Å². The van der Waals surface area contributed by atoms with Crippen LogP contribution in [-0.2, 0) is 14.8 Å². The Labute approximate surface area is 120 Å². The molecule has 0 bridgehead atoms. The number of carboxylic acids is 1. The summed E-state index contributed by atoms with van der Waals surface area (Å²) in [4.78, 5) is 24.2. The van der Waals surface area contributed by atoms with Gasteiger partial charge in [-0.3, -0.25) is 4.79 Å². The molecule has 0 radical (unpaired) electrons. The first-order chi connectivity index (χ1) is 9.84. The molecule has 0 aromatic carbocycles. The van der Waals surface area contributed by atoms with E-state index in [0.29, 0.717) is 12.8 Å². The molecule has 1 aromatic heterocycles. The van der Waals surface area contributed by atoms with Crippen molar-refractivity contribution in [1.29, 1.82) is 0 Å².